The van der Waals surface area contributed by atoms with E-state index in [-0.39, 0.29) is 11.7 Å². The van der Waals surface area contributed by atoms with E-state index in [4.69, 9.17) is 4.74 Å². The monoisotopic (exact) mass is 348 g/mol. The zero-order chi connectivity index (χ0) is 18.2. The zero-order valence-electron chi connectivity index (χ0n) is 13.9. The van der Waals surface area contributed by atoms with Gasteiger partial charge in [-0.05, 0) is 36.4 Å². The Labute approximate surface area is 151 Å². The number of halogens is 1. The van der Waals surface area contributed by atoms with Gasteiger partial charge in [0.25, 0.3) is 0 Å². The topological polar surface area (TPSA) is 51.2 Å². The molecule has 3 rings (SSSR count). The number of benzene rings is 2. The number of hydrogen-bond acceptors (Lipinski definition) is 3. The zero-order valence-corrected chi connectivity index (χ0v) is 13.9. The number of amides is 1. The molecule has 1 N–H and O–H groups in total. The van der Waals surface area contributed by atoms with E-state index in [0.29, 0.717) is 23.6 Å². The van der Waals surface area contributed by atoms with E-state index in [1.54, 1.807) is 48.7 Å². The van der Waals surface area contributed by atoms with Gasteiger partial charge in [-0.1, -0.05) is 30.3 Å². The van der Waals surface area contributed by atoms with Gasteiger partial charge in [-0.3, -0.25) is 9.78 Å². The maximum Gasteiger partial charge on any atom is 0.248 e. The summed E-state index contributed by atoms with van der Waals surface area (Å²) in [7, 11) is 0. The number of ether oxygens (including phenoxy) is 1. The van der Waals surface area contributed by atoms with Crippen molar-refractivity contribution >= 4 is 17.7 Å². The van der Waals surface area contributed by atoms with Gasteiger partial charge in [-0.25, -0.2) is 4.39 Å². The molecule has 1 heterocycles. The summed E-state index contributed by atoms with van der Waals surface area (Å²) in [6.45, 7) is 0.339. The lowest BCUT2D eigenvalue weighted by Crippen LogP contribution is -2.08. The van der Waals surface area contributed by atoms with Crippen molar-refractivity contribution in [3.8, 4) is 5.75 Å². The highest BCUT2D eigenvalue weighted by atomic mass is 19.1. The van der Waals surface area contributed by atoms with Crippen LogP contribution in [0, 0.1) is 5.82 Å². The van der Waals surface area contributed by atoms with Crippen LogP contribution in [0.4, 0.5) is 10.1 Å². The third-order valence-corrected chi connectivity index (χ3v) is 3.53. The summed E-state index contributed by atoms with van der Waals surface area (Å²) >= 11 is 0. The second kappa shape index (κ2) is 8.58. The molecular formula is C21H17FN2O2. The molecule has 0 saturated carbocycles. The maximum atomic E-state index is 13.5. The van der Waals surface area contributed by atoms with Gasteiger partial charge in [0, 0.05) is 29.6 Å². The molecule has 0 unspecified atom stereocenters. The smallest absolute Gasteiger partial charge is 0.248 e. The number of aromatic nitrogens is 1. The molecule has 2 aromatic carbocycles. The first-order valence-electron chi connectivity index (χ1n) is 8.07. The first kappa shape index (κ1) is 17.4. The quantitative estimate of drug-likeness (QED) is 0.670. The number of carbonyl (C=O) groups is 1. The van der Waals surface area contributed by atoms with Crippen LogP contribution in [0.3, 0.4) is 0 Å². The number of nitrogens with one attached hydrogen (secondary N) is 1. The highest BCUT2D eigenvalue weighted by Gasteiger charge is 2.02. The Morgan fingerprint density at radius 3 is 2.73 bits per heavy atom. The first-order valence-corrected chi connectivity index (χ1v) is 8.07. The molecule has 0 spiro atoms. The van der Waals surface area contributed by atoms with E-state index < -0.39 is 0 Å². The van der Waals surface area contributed by atoms with E-state index in [9.17, 15) is 9.18 Å². The fourth-order valence-corrected chi connectivity index (χ4v) is 2.26. The van der Waals surface area contributed by atoms with Gasteiger partial charge in [0.2, 0.25) is 5.91 Å². The number of hydrogen-bond donors (Lipinski definition) is 1. The molecule has 1 aromatic heterocycles. The second-order valence-corrected chi connectivity index (χ2v) is 5.48. The van der Waals surface area contributed by atoms with Crippen LogP contribution < -0.4 is 10.1 Å². The van der Waals surface area contributed by atoms with Crippen molar-refractivity contribution in [3.63, 3.8) is 0 Å². The molecular weight excluding hydrogens is 331 g/mol. The number of rotatable bonds is 6. The standard InChI is InChI=1S/C21H17FN2O2/c22-20-10-2-1-6-16(20)11-12-21(25)24-17-8-5-9-19(14-17)26-15-18-7-3-4-13-23-18/h1-14H,15H2,(H,24,25)/b12-11+. The lowest BCUT2D eigenvalue weighted by Gasteiger charge is -2.08. The molecule has 130 valence electrons. The van der Waals surface area contributed by atoms with Crippen LogP contribution in [0.1, 0.15) is 11.3 Å². The van der Waals surface area contributed by atoms with Gasteiger partial charge in [0.15, 0.2) is 0 Å². The van der Waals surface area contributed by atoms with E-state index in [0.717, 1.165) is 5.69 Å². The molecule has 4 nitrogen and oxygen atoms in total. The van der Waals surface area contributed by atoms with Crippen molar-refractivity contribution in [2.45, 2.75) is 6.61 Å². The Bertz CT molecular complexity index is 911. The summed E-state index contributed by atoms with van der Waals surface area (Å²) in [5.74, 6) is -0.108. The molecule has 3 aromatic rings. The van der Waals surface area contributed by atoms with Crippen LogP contribution in [0.5, 0.6) is 5.75 Å². The second-order valence-electron chi connectivity index (χ2n) is 5.48. The largest absolute Gasteiger partial charge is 0.487 e. The Morgan fingerprint density at radius 2 is 1.92 bits per heavy atom. The lowest BCUT2D eigenvalue weighted by molar-refractivity contribution is -0.111. The van der Waals surface area contributed by atoms with E-state index in [2.05, 4.69) is 10.3 Å². The molecule has 0 bridgehead atoms. The normalized spacial score (nSPS) is 10.7. The minimum atomic E-state index is -0.374. The van der Waals surface area contributed by atoms with E-state index >= 15 is 0 Å². The molecule has 0 saturated heterocycles. The Balaban J connectivity index is 1.59. The van der Waals surface area contributed by atoms with Crippen LogP contribution in [-0.2, 0) is 11.4 Å². The molecule has 26 heavy (non-hydrogen) atoms. The number of anilines is 1. The third-order valence-electron chi connectivity index (χ3n) is 3.53. The van der Waals surface area contributed by atoms with Gasteiger partial charge in [0.05, 0.1) is 5.69 Å². The maximum absolute atomic E-state index is 13.5. The number of nitrogens with zero attached hydrogens (tertiary/aromatic N) is 1. The summed E-state index contributed by atoms with van der Waals surface area (Å²) in [6.07, 6.45) is 4.43. The van der Waals surface area contributed by atoms with Crippen LogP contribution in [0.2, 0.25) is 0 Å². The van der Waals surface area contributed by atoms with Crippen molar-refractivity contribution in [2.75, 3.05) is 5.32 Å². The SMILES string of the molecule is O=C(/C=C/c1ccccc1F)Nc1cccc(OCc2ccccn2)c1. The van der Waals surface area contributed by atoms with Crippen molar-refractivity contribution < 1.29 is 13.9 Å². The van der Waals surface area contributed by atoms with Crippen molar-refractivity contribution in [3.05, 3.63) is 96.1 Å². The van der Waals surface area contributed by atoms with Gasteiger partial charge in [-0.2, -0.15) is 0 Å². The highest BCUT2D eigenvalue weighted by Crippen LogP contribution is 2.18. The number of pyridine rings is 1. The van der Waals surface area contributed by atoms with Crippen LogP contribution in [0.15, 0.2) is 79.0 Å². The van der Waals surface area contributed by atoms with Gasteiger partial charge in [0.1, 0.15) is 18.2 Å². The summed E-state index contributed by atoms with van der Waals surface area (Å²) in [5.41, 5.74) is 1.76. The molecule has 0 atom stereocenters. The third kappa shape index (κ3) is 5.01. The molecule has 0 aliphatic heterocycles. The van der Waals surface area contributed by atoms with Crippen LogP contribution >= 0.6 is 0 Å². The van der Waals surface area contributed by atoms with E-state index in [1.165, 1.54) is 18.2 Å². The first-order chi connectivity index (χ1) is 12.7. The van der Waals surface area contributed by atoms with E-state index in [1.807, 2.05) is 18.2 Å². The Hall–Kier alpha value is -3.47. The van der Waals surface area contributed by atoms with Crippen LogP contribution in [0.25, 0.3) is 6.08 Å². The predicted octanol–water partition coefficient (Wildman–Crippen LogP) is 4.45. The van der Waals surface area contributed by atoms with Crippen molar-refractivity contribution in [1.82, 2.24) is 4.98 Å². The predicted molar refractivity (Wildman–Crippen MR) is 99.1 cm³/mol. The van der Waals surface area contributed by atoms with Gasteiger partial charge >= 0.3 is 0 Å². The molecule has 0 fully saturated rings. The van der Waals surface area contributed by atoms with Crippen LogP contribution in [-0.4, -0.2) is 10.9 Å². The Morgan fingerprint density at radius 1 is 1.08 bits per heavy atom. The minimum absolute atomic E-state index is 0.339. The van der Waals surface area contributed by atoms with Crippen molar-refractivity contribution in [1.29, 1.82) is 0 Å². The van der Waals surface area contributed by atoms with Gasteiger partial charge < -0.3 is 10.1 Å². The molecule has 0 aliphatic rings. The molecule has 5 heteroatoms. The summed E-state index contributed by atoms with van der Waals surface area (Å²) in [5, 5.41) is 2.73. The number of carbonyl (C=O) groups excluding carboxylic acids is 1. The average Bonchev–Trinajstić information content (AvgIpc) is 2.67. The Kier molecular flexibility index (Phi) is 5.72. The fourth-order valence-electron chi connectivity index (χ4n) is 2.26. The molecule has 0 aliphatic carbocycles. The minimum Gasteiger partial charge on any atom is -0.487 e. The fraction of sp³-hybridized carbons (Fsp3) is 0.0476. The lowest BCUT2D eigenvalue weighted by atomic mass is 10.2. The molecule has 0 radical (unpaired) electrons. The molecule has 1 amide bonds. The average molecular weight is 348 g/mol. The van der Waals surface area contributed by atoms with Crippen molar-refractivity contribution in [2.24, 2.45) is 0 Å². The summed E-state index contributed by atoms with van der Waals surface area (Å²) < 4.78 is 19.2. The summed E-state index contributed by atoms with van der Waals surface area (Å²) in [6, 6.07) is 18.9. The highest BCUT2D eigenvalue weighted by molar-refractivity contribution is 6.02. The summed E-state index contributed by atoms with van der Waals surface area (Å²) in [4.78, 5) is 16.2. The van der Waals surface area contributed by atoms with Gasteiger partial charge in [-0.15, -0.1) is 0 Å².